The minimum Gasteiger partial charge on any atom is -0.496 e. The molecule has 2 aliphatic rings. The second-order valence-corrected chi connectivity index (χ2v) is 11.3. The van der Waals surface area contributed by atoms with Crippen molar-refractivity contribution in [2.75, 3.05) is 13.7 Å². The number of aryl methyl sites for hydroxylation is 1. The van der Waals surface area contributed by atoms with Crippen LogP contribution in [0.4, 0.5) is 8.78 Å². The normalized spacial score (nSPS) is 20.3. The molecule has 2 aromatic carbocycles. The van der Waals surface area contributed by atoms with Gasteiger partial charge in [-0.3, -0.25) is 9.58 Å². The molecule has 3 heterocycles. The van der Waals surface area contributed by atoms with Crippen LogP contribution in [0.5, 0.6) is 5.75 Å². The van der Waals surface area contributed by atoms with E-state index in [1.807, 2.05) is 18.3 Å². The van der Waals surface area contributed by atoms with Crippen molar-refractivity contribution in [2.24, 2.45) is 5.41 Å². The number of piperidine rings is 1. The van der Waals surface area contributed by atoms with Crippen molar-refractivity contribution in [1.29, 1.82) is 0 Å². The van der Waals surface area contributed by atoms with E-state index in [2.05, 4.69) is 46.2 Å². The number of carbonyl (C=O) groups is 1. The molecule has 1 saturated heterocycles. The third-order valence-electron chi connectivity index (χ3n) is 8.55. The first kappa shape index (κ1) is 25.6. The van der Waals surface area contributed by atoms with Crippen LogP contribution in [0.15, 0.2) is 55.0 Å². The summed E-state index contributed by atoms with van der Waals surface area (Å²) in [7, 11) is 1.69. The lowest BCUT2D eigenvalue weighted by molar-refractivity contribution is -0.186. The van der Waals surface area contributed by atoms with Gasteiger partial charge in [0, 0.05) is 54.3 Å². The Balaban J connectivity index is 1.29. The molecule has 1 spiro atoms. The summed E-state index contributed by atoms with van der Waals surface area (Å²) in [6.07, 6.45) is 6.16. The number of fused-ring (bicyclic) bond motifs is 1. The van der Waals surface area contributed by atoms with Crippen LogP contribution in [0, 0.1) is 12.3 Å². The average molecular weight is 535 g/mol. The number of hydrogen-bond acceptors (Lipinski definition) is 4. The molecule has 2 aromatic heterocycles. The molecular formula is C30H32F2N4O3. The van der Waals surface area contributed by atoms with Crippen LogP contribution in [0.3, 0.4) is 0 Å². The first-order chi connectivity index (χ1) is 18.7. The number of nitrogens with one attached hydrogen (secondary N) is 1. The van der Waals surface area contributed by atoms with Gasteiger partial charge < -0.3 is 14.8 Å². The molecule has 9 heteroatoms. The van der Waals surface area contributed by atoms with E-state index in [1.165, 1.54) is 12.4 Å². The Morgan fingerprint density at radius 3 is 2.64 bits per heavy atom. The van der Waals surface area contributed by atoms with E-state index in [4.69, 9.17) is 9.84 Å². The Labute approximate surface area is 225 Å². The summed E-state index contributed by atoms with van der Waals surface area (Å²) in [5.41, 5.74) is 5.20. The number of alkyl halides is 2. The summed E-state index contributed by atoms with van der Waals surface area (Å²) in [4.78, 5) is 16.9. The van der Waals surface area contributed by atoms with Crippen molar-refractivity contribution in [3.8, 4) is 5.75 Å². The van der Waals surface area contributed by atoms with Crippen LogP contribution in [0.2, 0.25) is 0 Å². The molecule has 0 unspecified atom stereocenters. The van der Waals surface area contributed by atoms with Gasteiger partial charge in [0.05, 0.1) is 25.4 Å². The molecule has 6 rings (SSSR count). The van der Waals surface area contributed by atoms with Crippen molar-refractivity contribution in [3.05, 3.63) is 82.8 Å². The summed E-state index contributed by atoms with van der Waals surface area (Å²) in [6, 6.07) is 12.3. The van der Waals surface area contributed by atoms with Crippen molar-refractivity contribution < 1.29 is 23.4 Å². The quantitative estimate of drug-likeness (QED) is 0.296. The van der Waals surface area contributed by atoms with Gasteiger partial charge in [0.1, 0.15) is 5.75 Å². The van der Waals surface area contributed by atoms with Gasteiger partial charge in [-0.2, -0.15) is 5.10 Å². The molecule has 1 atom stereocenters. The monoisotopic (exact) mass is 534 g/mol. The molecule has 0 bridgehead atoms. The van der Waals surface area contributed by atoms with Crippen molar-refractivity contribution >= 4 is 16.9 Å². The fourth-order valence-corrected chi connectivity index (χ4v) is 6.64. The number of ether oxygens (including phenoxy) is 1. The first-order valence-corrected chi connectivity index (χ1v) is 13.3. The smallest absolute Gasteiger partial charge is 0.338 e. The number of benzene rings is 2. The van der Waals surface area contributed by atoms with Gasteiger partial charge in [0.2, 0.25) is 5.92 Å². The molecule has 2 fully saturated rings. The Hall–Kier alpha value is -3.72. The number of aromatic carboxylic acids is 1. The highest BCUT2D eigenvalue weighted by Gasteiger charge is 2.58. The zero-order valence-corrected chi connectivity index (χ0v) is 22.1. The van der Waals surface area contributed by atoms with E-state index < -0.39 is 11.9 Å². The standard InChI is InChI=1S/C30H32F2N4O3/c1-19-11-26(39-2)24(23-7-9-33-27(19)23)16-35-10-8-29(17-30(31,32)18-29)12-25(35)21-5-3-20(4-6-21)14-36-15-22(13-34-36)28(37)38/h3-7,9,11,13,15,25,33H,8,10,12,14,16-18H2,1-2H3,(H,37,38)/t25-/m0/s1. The molecule has 1 aliphatic heterocycles. The van der Waals surface area contributed by atoms with Gasteiger partial charge in [-0.15, -0.1) is 0 Å². The van der Waals surface area contributed by atoms with Gasteiger partial charge in [-0.25, -0.2) is 13.6 Å². The summed E-state index contributed by atoms with van der Waals surface area (Å²) in [5, 5.41) is 14.4. The number of likely N-dealkylation sites (tertiary alicyclic amines) is 1. The third kappa shape index (κ3) is 4.80. The second-order valence-electron chi connectivity index (χ2n) is 11.3. The molecule has 4 aromatic rings. The van der Waals surface area contributed by atoms with E-state index in [0.717, 1.165) is 51.9 Å². The van der Waals surface area contributed by atoms with Gasteiger partial charge in [-0.05, 0) is 60.5 Å². The fraction of sp³-hybridized carbons (Fsp3) is 0.400. The number of rotatable bonds is 7. The van der Waals surface area contributed by atoms with Crippen LogP contribution < -0.4 is 4.74 Å². The number of halogens is 2. The molecular weight excluding hydrogens is 502 g/mol. The summed E-state index contributed by atoms with van der Waals surface area (Å²) < 4.78 is 35.5. The lowest BCUT2D eigenvalue weighted by Gasteiger charge is -2.54. The third-order valence-corrected chi connectivity index (χ3v) is 8.55. The van der Waals surface area contributed by atoms with Gasteiger partial charge in [0.25, 0.3) is 0 Å². The Kier molecular flexibility index (Phi) is 6.21. The van der Waals surface area contributed by atoms with E-state index in [1.54, 1.807) is 11.8 Å². The number of nitrogens with zero attached hydrogens (tertiary/aromatic N) is 3. The van der Waals surface area contributed by atoms with E-state index in [-0.39, 0.29) is 29.9 Å². The average Bonchev–Trinajstić information content (AvgIpc) is 3.56. The zero-order valence-electron chi connectivity index (χ0n) is 22.1. The lowest BCUT2D eigenvalue weighted by atomic mass is 9.59. The molecule has 39 heavy (non-hydrogen) atoms. The van der Waals surface area contributed by atoms with Crippen LogP contribution in [0.25, 0.3) is 10.9 Å². The number of aromatic amines is 1. The number of H-pyrrole nitrogens is 1. The Bertz CT molecular complexity index is 1520. The maximum Gasteiger partial charge on any atom is 0.338 e. The number of carboxylic acid groups (broad SMARTS) is 1. The Morgan fingerprint density at radius 2 is 1.97 bits per heavy atom. The molecule has 204 valence electrons. The summed E-state index contributed by atoms with van der Waals surface area (Å²) in [5.74, 6) is -2.73. The van der Waals surface area contributed by atoms with E-state index in [0.29, 0.717) is 19.5 Å². The minimum absolute atomic E-state index is 0.00721. The van der Waals surface area contributed by atoms with Crippen LogP contribution in [-0.2, 0) is 13.1 Å². The van der Waals surface area contributed by atoms with E-state index in [9.17, 15) is 13.6 Å². The lowest BCUT2D eigenvalue weighted by Crippen LogP contribution is -2.53. The predicted octanol–water partition coefficient (Wildman–Crippen LogP) is 6.18. The van der Waals surface area contributed by atoms with Crippen LogP contribution in [0.1, 0.15) is 64.3 Å². The maximum absolute atomic E-state index is 14.0. The van der Waals surface area contributed by atoms with Crippen LogP contribution >= 0.6 is 0 Å². The maximum atomic E-state index is 14.0. The SMILES string of the molecule is COc1cc(C)c2[nH]ccc2c1CN1CCC2(C[C@H]1c1ccc(Cn3cc(C(=O)O)cn3)cc1)CC(F)(F)C2. The molecule has 2 N–H and O–H groups in total. The summed E-state index contributed by atoms with van der Waals surface area (Å²) in [6.45, 7) is 3.89. The summed E-state index contributed by atoms with van der Waals surface area (Å²) >= 11 is 0. The molecule has 7 nitrogen and oxygen atoms in total. The first-order valence-electron chi connectivity index (χ1n) is 13.3. The van der Waals surface area contributed by atoms with Gasteiger partial charge in [0.15, 0.2) is 0 Å². The van der Waals surface area contributed by atoms with Crippen molar-refractivity contribution in [3.63, 3.8) is 0 Å². The number of carboxylic acids is 1. The molecule has 0 radical (unpaired) electrons. The number of methoxy groups -OCH3 is 1. The highest BCUT2D eigenvalue weighted by Crippen LogP contribution is 2.60. The van der Waals surface area contributed by atoms with Crippen molar-refractivity contribution in [2.45, 2.75) is 57.7 Å². The Morgan fingerprint density at radius 1 is 1.21 bits per heavy atom. The van der Waals surface area contributed by atoms with Gasteiger partial charge in [-0.1, -0.05) is 24.3 Å². The number of hydrogen-bond donors (Lipinski definition) is 2. The number of aromatic nitrogens is 3. The van der Waals surface area contributed by atoms with E-state index >= 15 is 0 Å². The largest absolute Gasteiger partial charge is 0.496 e. The highest BCUT2D eigenvalue weighted by atomic mass is 19.3. The van der Waals surface area contributed by atoms with Crippen LogP contribution in [-0.4, -0.2) is 50.3 Å². The molecule has 1 aliphatic carbocycles. The zero-order chi connectivity index (χ0) is 27.4. The highest BCUT2D eigenvalue weighted by molar-refractivity contribution is 5.88. The molecule has 0 amide bonds. The fourth-order valence-electron chi connectivity index (χ4n) is 6.64. The second kappa shape index (κ2) is 9.48. The molecule has 1 saturated carbocycles. The topological polar surface area (TPSA) is 83.4 Å². The predicted molar refractivity (Wildman–Crippen MR) is 143 cm³/mol. The van der Waals surface area contributed by atoms with Gasteiger partial charge >= 0.3 is 5.97 Å². The van der Waals surface area contributed by atoms with Crippen molar-refractivity contribution in [1.82, 2.24) is 19.7 Å². The minimum atomic E-state index is -2.56.